The largest absolute Gasteiger partial charge is 0.410 e. The fraction of sp³-hybridized carbons (Fsp3) is 0.364. The molecule has 0 fully saturated rings. The van der Waals surface area contributed by atoms with Crippen molar-refractivity contribution in [1.29, 1.82) is 0 Å². The van der Waals surface area contributed by atoms with Gasteiger partial charge in [-0.1, -0.05) is 30.8 Å². The van der Waals surface area contributed by atoms with Crippen LogP contribution in [0.15, 0.2) is 40.0 Å². The van der Waals surface area contributed by atoms with Crippen molar-refractivity contribution in [2.24, 2.45) is 5.92 Å². The second-order valence-electron chi connectivity index (χ2n) is 8.03. The summed E-state index contributed by atoms with van der Waals surface area (Å²) in [5, 5.41) is 11.0. The first-order chi connectivity index (χ1) is 15.0. The van der Waals surface area contributed by atoms with Crippen molar-refractivity contribution in [3.05, 3.63) is 40.8 Å². The molecule has 2 aliphatic rings. The van der Waals surface area contributed by atoms with Crippen LogP contribution < -0.4 is 10.2 Å². The van der Waals surface area contributed by atoms with Gasteiger partial charge in [-0.05, 0) is 55.9 Å². The van der Waals surface area contributed by atoms with Gasteiger partial charge in [0.2, 0.25) is 11.8 Å². The number of nitrogens with zero attached hydrogens (tertiary/aromatic N) is 3. The lowest BCUT2D eigenvalue weighted by Crippen LogP contribution is -2.45. The second kappa shape index (κ2) is 8.12. The molecular formula is C22H22N4O3S2. The number of para-hydroxylation sites is 2. The number of carbonyl (C=O) groups excluding carboxylic acids is 2. The van der Waals surface area contributed by atoms with Crippen molar-refractivity contribution >= 4 is 46.3 Å². The summed E-state index contributed by atoms with van der Waals surface area (Å²) in [4.78, 5) is 29.0. The minimum Gasteiger partial charge on any atom is -0.410 e. The van der Waals surface area contributed by atoms with Gasteiger partial charge in [-0.25, -0.2) is 0 Å². The van der Waals surface area contributed by atoms with Crippen molar-refractivity contribution in [3.63, 3.8) is 0 Å². The molecule has 1 aliphatic heterocycles. The maximum Gasteiger partial charge on any atom is 0.277 e. The van der Waals surface area contributed by atoms with Crippen LogP contribution in [0, 0.1) is 5.92 Å². The number of anilines is 2. The molecule has 7 nitrogen and oxygen atoms in total. The summed E-state index contributed by atoms with van der Waals surface area (Å²) in [5.41, 5.74) is 2.72. The molecule has 9 heteroatoms. The fourth-order valence-electron chi connectivity index (χ4n) is 4.02. The molecule has 0 radical (unpaired) electrons. The zero-order valence-electron chi connectivity index (χ0n) is 17.3. The molecule has 1 aliphatic carbocycles. The van der Waals surface area contributed by atoms with E-state index in [1.807, 2.05) is 18.2 Å². The topological polar surface area (TPSA) is 88.3 Å². The highest BCUT2D eigenvalue weighted by molar-refractivity contribution is 8.00. The van der Waals surface area contributed by atoms with Gasteiger partial charge in [-0.2, -0.15) is 0 Å². The molecule has 5 rings (SSSR count). The van der Waals surface area contributed by atoms with Crippen molar-refractivity contribution in [2.75, 3.05) is 16.8 Å². The number of aryl methyl sites for hydroxylation is 1. The molecule has 3 aromatic rings. The summed E-state index contributed by atoms with van der Waals surface area (Å²) in [6.45, 7) is 4.07. The number of fused-ring (bicyclic) bond motifs is 2. The molecule has 0 saturated heterocycles. The molecule has 2 amide bonds. The number of hydrogen-bond donors (Lipinski definition) is 1. The summed E-state index contributed by atoms with van der Waals surface area (Å²) in [6.07, 6.45) is 3.42. The second-order valence-corrected chi connectivity index (χ2v) is 10.5. The van der Waals surface area contributed by atoms with E-state index >= 15 is 0 Å². The average Bonchev–Trinajstić information content (AvgIpc) is 3.39. The Morgan fingerprint density at radius 3 is 3.06 bits per heavy atom. The quantitative estimate of drug-likeness (QED) is 0.588. The van der Waals surface area contributed by atoms with Crippen LogP contribution >= 0.6 is 23.1 Å². The molecule has 160 valence electrons. The number of thioether (sulfide) groups is 1. The van der Waals surface area contributed by atoms with Gasteiger partial charge >= 0.3 is 0 Å². The van der Waals surface area contributed by atoms with E-state index in [1.165, 1.54) is 33.5 Å². The predicted octanol–water partition coefficient (Wildman–Crippen LogP) is 4.39. The van der Waals surface area contributed by atoms with E-state index in [-0.39, 0.29) is 18.4 Å². The Morgan fingerprint density at radius 2 is 2.19 bits per heavy atom. The van der Waals surface area contributed by atoms with Gasteiger partial charge in [-0.15, -0.1) is 21.5 Å². The van der Waals surface area contributed by atoms with Crippen LogP contribution in [0.4, 0.5) is 11.4 Å². The lowest BCUT2D eigenvalue weighted by molar-refractivity contribution is -0.121. The summed E-state index contributed by atoms with van der Waals surface area (Å²) >= 11 is 2.93. The molecule has 1 aromatic carbocycles. The summed E-state index contributed by atoms with van der Waals surface area (Å²) < 4.78 is 5.87. The van der Waals surface area contributed by atoms with Gasteiger partial charge in [0.1, 0.15) is 6.54 Å². The maximum atomic E-state index is 13.1. The van der Waals surface area contributed by atoms with Gasteiger partial charge in [0.25, 0.3) is 11.1 Å². The third kappa shape index (κ3) is 3.99. The van der Waals surface area contributed by atoms with Gasteiger partial charge in [0, 0.05) is 4.88 Å². The van der Waals surface area contributed by atoms with E-state index in [9.17, 15) is 9.59 Å². The molecule has 2 atom stereocenters. The third-order valence-electron chi connectivity index (χ3n) is 5.61. The first-order valence-electron chi connectivity index (χ1n) is 10.3. The summed E-state index contributed by atoms with van der Waals surface area (Å²) in [7, 11) is 0. The highest BCUT2D eigenvalue weighted by atomic mass is 32.2. The SMILES string of the molecule is C[C@H]1CCc2sc(-c3nnc(S[C@@H](C)C(=O)N4CC(=O)Nc5ccccc54)o3)cc2C1. The zero-order valence-corrected chi connectivity index (χ0v) is 18.9. The lowest BCUT2D eigenvalue weighted by Gasteiger charge is -2.30. The predicted molar refractivity (Wildman–Crippen MR) is 122 cm³/mol. The summed E-state index contributed by atoms with van der Waals surface area (Å²) in [6, 6.07) is 9.45. The van der Waals surface area contributed by atoms with Crippen LogP contribution in [0.1, 0.15) is 30.7 Å². The van der Waals surface area contributed by atoms with E-state index in [0.29, 0.717) is 28.4 Å². The number of rotatable bonds is 4. The minimum atomic E-state index is -0.482. The average molecular weight is 455 g/mol. The number of benzene rings is 1. The van der Waals surface area contributed by atoms with Gasteiger partial charge < -0.3 is 9.73 Å². The van der Waals surface area contributed by atoms with E-state index in [2.05, 4.69) is 28.5 Å². The summed E-state index contributed by atoms with van der Waals surface area (Å²) in [5.74, 6) is 0.822. The first-order valence-corrected chi connectivity index (χ1v) is 12.0. The highest BCUT2D eigenvalue weighted by Crippen LogP contribution is 2.38. The molecule has 0 bridgehead atoms. The molecule has 1 N–H and O–H groups in total. The van der Waals surface area contributed by atoms with Crippen LogP contribution in [0.25, 0.3) is 10.8 Å². The normalized spacial score (nSPS) is 18.8. The molecule has 0 spiro atoms. The van der Waals surface area contributed by atoms with Crippen molar-refractivity contribution in [2.45, 2.75) is 43.6 Å². The van der Waals surface area contributed by atoms with Crippen molar-refractivity contribution in [3.8, 4) is 10.8 Å². The fourth-order valence-corrected chi connectivity index (χ4v) is 5.89. The third-order valence-corrected chi connectivity index (χ3v) is 7.76. The van der Waals surface area contributed by atoms with Crippen LogP contribution in [0.2, 0.25) is 0 Å². The van der Waals surface area contributed by atoms with Crippen LogP contribution in [-0.2, 0) is 22.4 Å². The van der Waals surface area contributed by atoms with E-state index in [1.54, 1.807) is 24.3 Å². The Balaban J connectivity index is 1.31. The molecular weight excluding hydrogens is 432 g/mol. The Hall–Kier alpha value is -2.65. The van der Waals surface area contributed by atoms with Gasteiger partial charge in [-0.3, -0.25) is 14.5 Å². The maximum absolute atomic E-state index is 13.1. The number of nitrogens with one attached hydrogen (secondary N) is 1. The minimum absolute atomic E-state index is 0.00496. The van der Waals surface area contributed by atoms with Crippen LogP contribution in [-0.4, -0.2) is 33.8 Å². The lowest BCUT2D eigenvalue weighted by atomic mass is 9.90. The van der Waals surface area contributed by atoms with Gasteiger partial charge in [0.05, 0.1) is 21.5 Å². The van der Waals surface area contributed by atoms with Gasteiger partial charge in [0.15, 0.2) is 0 Å². The van der Waals surface area contributed by atoms with Crippen LogP contribution in [0.3, 0.4) is 0 Å². The standard InChI is InChI=1S/C22H22N4O3S2/c1-12-7-8-17-14(9-12)10-18(31-17)20-24-25-22(29-20)30-13(2)21(28)26-11-19(27)23-15-5-3-4-6-16(15)26/h3-6,10,12-13H,7-9,11H2,1-2H3,(H,23,27)/t12-,13-/m0/s1. The zero-order chi connectivity index (χ0) is 21.5. The number of thiophene rings is 1. The Morgan fingerprint density at radius 1 is 1.35 bits per heavy atom. The number of aromatic nitrogens is 2. The molecule has 31 heavy (non-hydrogen) atoms. The Labute approximate surface area is 188 Å². The van der Waals surface area contributed by atoms with Crippen molar-refractivity contribution in [1.82, 2.24) is 10.2 Å². The molecule has 0 unspecified atom stereocenters. The number of amides is 2. The number of hydrogen-bond acceptors (Lipinski definition) is 7. The first kappa shape index (κ1) is 20.3. The Bertz CT molecular complexity index is 1160. The Kier molecular flexibility index (Phi) is 5.31. The highest BCUT2D eigenvalue weighted by Gasteiger charge is 2.31. The molecule has 3 heterocycles. The number of carbonyl (C=O) groups is 2. The van der Waals surface area contributed by atoms with E-state index in [0.717, 1.165) is 17.7 Å². The van der Waals surface area contributed by atoms with Crippen LogP contribution in [0.5, 0.6) is 0 Å². The molecule has 0 saturated carbocycles. The van der Waals surface area contributed by atoms with E-state index in [4.69, 9.17) is 4.42 Å². The molecule has 2 aromatic heterocycles. The smallest absolute Gasteiger partial charge is 0.277 e. The van der Waals surface area contributed by atoms with E-state index < -0.39 is 5.25 Å². The monoisotopic (exact) mass is 454 g/mol. The van der Waals surface area contributed by atoms with Crippen molar-refractivity contribution < 1.29 is 14.0 Å².